The van der Waals surface area contributed by atoms with Crippen molar-refractivity contribution in [2.75, 3.05) is 0 Å². The predicted octanol–water partition coefficient (Wildman–Crippen LogP) is 4.06. The van der Waals surface area contributed by atoms with Gasteiger partial charge in [-0.2, -0.15) is 0 Å². The Kier molecular flexibility index (Phi) is 2.81. The first kappa shape index (κ1) is 11.3. The van der Waals surface area contributed by atoms with Crippen molar-refractivity contribution in [3.05, 3.63) is 46.8 Å². The van der Waals surface area contributed by atoms with Crippen LogP contribution in [0.2, 0.25) is 10.0 Å². The van der Waals surface area contributed by atoms with E-state index in [0.717, 1.165) is 11.0 Å². The number of nitrogens with one attached hydrogen (secondary N) is 1. The Bertz CT molecular complexity index is 711. The number of aromatic nitrogens is 3. The third-order valence-corrected chi connectivity index (χ3v) is 3.16. The maximum atomic E-state index is 5.93. The Hall–Kier alpha value is -1.78. The molecular formula is C12H7Cl2N3O. The third kappa shape index (κ3) is 2.00. The molecule has 0 unspecified atom stereocenters. The van der Waals surface area contributed by atoms with Crippen molar-refractivity contribution in [1.82, 2.24) is 15.0 Å². The van der Waals surface area contributed by atoms with E-state index in [4.69, 9.17) is 27.9 Å². The highest BCUT2D eigenvalue weighted by molar-refractivity contribution is 6.42. The zero-order valence-corrected chi connectivity index (χ0v) is 10.5. The molecule has 0 fully saturated rings. The minimum absolute atomic E-state index is 0.438. The van der Waals surface area contributed by atoms with Gasteiger partial charge in [0.1, 0.15) is 17.7 Å². The van der Waals surface area contributed by atoms with Crippen molar-refractivity contribution >= 4 is 34.2 Å². The number of fused-ring (bicyclic) bond motifs is 1. The van der Waals surface area contributed by atoms with Gasteiger partial charge in [0.2, 0.25) is 5.88 Å². The predicted molar refractivity (Wildman–Crippen MR) is 70.4 cm³/mol. The molecule has 1 N–H and O–H groups in total. The summed E-state index contributed by atoms with van der Waals surface area (Å²) >= 11 is 11.8. The number of rotatable bonds is 2. The minimum Gasteiger partial charge on any atom is -0.438 e. The van der Waals surface area contributed by atoms with Gasteiger partial charge in [-0.3, -0.25) is 0 Å². The summed E-state index contributed by atoms with van der Waals surface area (Å²) in [7, 11) is 0. The molecule has 6 heteroatoms. The van der Waals surface area contributed by atoms with Gasteiger partial charge in [-0.15, -0.1) is 0 Å². The van der Waals surface area contributed by atoms with E-state index < -0.39 is 0 Å². The zero-order valence-electron chi connectivity index (χ0n) is 9.02. The van der Waals surface area contributed by atoms with Gasteiger partial charge in [0.15, 0.2) is 0 Å². The molecule has 18 heavy (non-hydrogen) atoms. The van der Waals surface area contributed by atoms with Crippen molar-refractivity contribution < 1.29 is 4.74 Å². The zero-order chi connectivity index (χ0) is 12.5. The van der Waals surface area contributed by atoms with E-state index in [-0.39, 0.29) is 0 Å². The maximum absolute atomic E-state index is 5.93. The lowest BCUT2D eigenvalue weighted by Crippen LogP contribution is -1.90. The molecule has 2 heterocycles. The summed E-state index contributed by atoms with van der Waals surface area (Å²) in [6.45, 7) is 0. The molecule has 0 aliphatic heterocycles. The van der Waals surface area contributed by atoms with Gasteiger partial charge in [-0.25, -0.2) is 9.97 Å². The van der Waals surface area contributed by atoms with Crippen LogP contribution in [-0.4, -0.2) is 15.0 Å². The van der Waals surface area contributed by atoms with Crippen LogP contribution in [0.3, 0.4) is 0 Å². The molecule has 0 amide bonds. The summed E-state index contributed by atoms with van der Waals surface area (Å²) in [6.07, 6.45) is 3.22. The van der Waals surface area contributed by atoms with Crippen LogP contribution in [0, 0.1) is 0 Å². The molecule has 0 saturated heterocycles. The highest BCUT2D eigenvalue weighted by Gasteiger charge is 2.07. The molecule has 0 spiro atoms. The Balaban J connectivity index is 2.01. The Morgan fingerprint density at radius 3 is 2.78 bits per heavy atom. The molecule has 0 aliphatic carbocycles. The number of hydrogen-bond donors (Lipinski definition) is 1. The Labute approximate surface area is 113 Å². The molecule has 3 aromatic rings. The smallest absolute Gasteiger partial charge is 0.231 e. The quantitative estimate of drug-likeness (QED) is 0.770. The van der Waals surface area contributed by atoms with Crippen LogP contribution >= 0.6 is 23.2 Å². The molecule has 1 aromatic carbocycles. The van der Waals surface area contributed by atoms with Crippen LogP contribution in [0.15, 0.2) is 36.8 Å². The Morgan fingerprint density at radius 1 is 1.06 bits per heavy atom. The highest BCUT2D eigenvalue weighted by atomic mass is 35.5. The monoisotopic (exact) mass is 279 g/mol. The molecule has 0 radical (unpaired) electrons. The van der Waals surface area contributed by atoms with Gasteiger partial charge in [-0.05, 0) is 18.2 Å². The number of H-pyrrole nitrogens is 1. The fourth-order valence-corrected chi connectivity index (χ4v) is 1.87. The maximum Gasteiger partial charge on any atom is 0.231 e. The molecule has 4 nitrogen and oxygen atoms in total. The van der Waals surface area contributed by atoms with Crippen LogP contribution in [-0.2, 0) is 0 Å². The second-order valence-corrected chi connectivity index (χ2v) is 4.41. The van der Waals surface area contributed by atoms with Crippen LogP contribution in [0.25, 0.3) is 11.0 Å². The van der Waals surface area contributed by atoms with Crippen LogP contribution < -0.4 is 4.74 Å². The van der Waals surface area contributed by atoms with Crippen LogP contribution in [0.5, 0.6) is 11.6 Å². The van der Waals surface area contributed by atoms with Gasteiger partial charge in [0, 0.05) is 12.3 Å². The van der Waals surface area contributed by atoms with E-state index in [1.807, 2.05) is 6.07 Å². The average molecular weight is 280 g/mol. The molecule has 2 aromatic heterocycles. The molecule has 0 bridgehead atoms. The number of ether oxygens (including phenoxy) is 1. The van der Waals surface area contributed by atoms with E-state index >= 15 is 0 Å². The van der Waals surface area contributed by atoms with Crippen LogP contribution in [0.1, 0.15) is 0 Å². The largest absolute Gasteiger partial charge is 0.438 e. The van der Waals surface area contributed by atoms with Crippen molar-refractivity contribution in [2.24, 2.45) is 0 Å². The summed E-state index contributed by atoms with van der Waals surface area (Å²) in [5.74, 6) is 1.05. The topological polar surface area (TPSA) is 50.8 Å². The fourth-order valence-electron chi connectivity index (χ4n) is 1.58. The number of nitrogens with zero attached hydrogens (tertiary/aromatic N) is 2. The molecule has 3 rings (SSSR count). The van der Waals surface area contributed by atoms with Gasteiger partial charge in [0.05, 0.1) is 15.4 Å². The van der Waals surface area contributed by atoms with Gasteiger partial charge < -0.3 is 9.72 Å². The lowest BCUT2D eigenvalue weighted by atomic mass is 10.3. The van der Waals surface area contributed by atoms with Crippen molar-refractivity contribution in [2.45, 2.75) is 0 Å². The van der Waals surface area contributed by atoms with Gasteiger partial charge >= 0.3 is 0 Å². The Morgan fingerprint density at radius 2 is 1.94 bits per heavy atom. The lowest BCUT2D eigenvalue weighted by Gasteiger charge is -2.06. The second kappa shape index (κ2) is 4.48. The van der Waals surface area contributed by atoms with E-state index in [9.17, 15) is 0 Å². The number of halogens is 2. The minimum atomic E-state index is 0.438. The first-order chi connectivity index (χ1) is 8.74. The average Bonchev–Trinajstić information content (AvgIpc) is 2.83. The number of benzene rings is 1. The van der Waals surface area contributed by atoms with Gasteiger partial charge in [-0.1, -0.05) is 23.2 Å². The molecule has 90 valence electrons. The molecular weight excluding hydrogens is 273 g/mol. The first-order valence-electron chi connectivity index (χ1n) is 5.15. The summed E-state index contributed by atoms with van der Waals surface area (Å²) in [5.41, 5.74) is 0.722. The standard InChI is InChI=1S/C12H7Cl2N3O/c13-9-2-1-7(5-10(9)14)18-12-8-3-4-15-11(8)16-6-17-12/h1-6H,(H,15,16,17). The number of hydrogen-bond acceptors (Lipinski definition) is 3. The van der Waals surface area contributed by atoms with E-state index in [0.29, 0.717) is 21.7 Å². The summed E-state index contributed by atoms with van der Waals surface area (Å²) in [5, 5.41) is 1.73. The SMILES string of the molecule is Clc1ccc(Oc2ncnc3[nH]ccc23)cc1Cl. The van der Waals surface area contributed by atoms with Crippen molar-refractivity contribution in [3.63, 3.8) is 0 Å². The van der Waals surface area contributed by atoms with Crippen molar-refractivity contribution in [3.8, 4) is 11.6 Å². The summed E-state index contributed by atoms with van der Waals surface area (Å²) in [4.78, 5) is 11.2. The lowest BCUT2D eigenvalue weighted by molar-refractivity contribution is 0.468. The normalized spacial score (nSPS) is 10.8. The molecule has 0 atom stereocenters. The number of aromatic amines is 1. The summed E-state index contributed by atoms with van der Waals surface area (Å²) < 4.78 is 5.67. The highest BCUT2D eigenvalue weighted by Crippen LogP contribution is 2.30. The van der Waals surface area contributed by atoms with E-state index in [2.05, 4.69) is 15.0 Å². The first-order valence-corrected chi connectivity index (χ1v) is 5.90. The van der Waals surface area contributed by atoms with E-state index in [1.54, 1.807) is 24.4 Å². The summed E-state index contributed by atoms with van der Waals surface area (Å²) in [6, 6.07) is 6.90. The fraction of sp³-hybridized carbons (Fsp3) is 0. The van der Waals surface area contributed by atoms with Crippen molar-refractivity contribution in [1.29, 1.82) is 0 Å². The van der Waals surface area contributed by atoms with E-state index in [1.165, 1.54) is 6.33 Å². The van der Waals surface area contributed by atoms with Gasteiger partial charge in [0.25, 0.3) is 0 Å². The molecule has 0 aliphatic rings. The second-order valence-electron chi connectivity index (χ2n) is 3.60. The third-order valence-electron chi connectivity index (χ3n) is 2.42. The van der Waals surface area contributed by atoms with Crippen LogP contribution in [0.4, 0.5) is 0 Å². The molecule has 0 saturated carbocycles.